The Morgan fingerprint density at radius 1 is 1.17 bits per heavy atom. The van der Waals surface area contributed by atoms with E-state index in [9.17, 15) is 14.0 Å². The molecule has 0 aliphatic heterocycles. The zero-order chi connectivity index (χ0) is 16.4. The summed E-state index contributed by atoms with van der Waals surface area (Å²) in [5.74, 6) is -0.953. The third kappa shape index (κ3) is 3.48. The van der Waals surface area contributed by atoms with Crippen LogP contribution in [-0.4, -0.2) is 10.9 Å². The van der Waals surface area contributed by atoms with Crippen LogP contribution < -0.4 is 10.9 Å². The summed E-state index contributed by atoms with van der Waals surface area (Å²) < 4.78 is 13.8. The molecule has 0 atom stereocenters. The molecule has 2 aromatic carbocycles. The molecule has 3 aromatic rings. The molecule has 1 aromatic heterocycles. The number of hydrogen-bond acceptors (Lipinski definition) is 2. The van der Waals surface area contributed by atoms with Gasteiger partial charge in [0.15, 0.2) is 0 Å². The van der Waals surface area contributed by atoms with Crippen molar-refractivity contribution in [2.75, 3.05) is 0 Å². The number of carbonyl (C=O) groups excluding carboxylic acids is 1. The molecule has 116 valence electrons. The van der Waals surface area contributed by atoms with Crippen LogP contribution in [0.5, 0.6) is 0 Å². The molecule has 6 heteroatoms. The van der Waals surface area contributed by atoms with Crippen molar-refractivity contribution in [2.45, 2.75) is 6.54 Å². The Labute approximate surface area is 139 Å². The quantitative estimate of drug-likeness (QED) is 0.738. The van der Waals surface area contributed by atoms with E-state index in [1.165, 1.54) is 12.1 Å². The maximum absolute atomic E-state index is 13.3. The predicted molar refractivity (Wildman–Crippen MR) is 89.8 cm³/mol. The second-order valence-electron chi connectivity index (χ2n) is 5.05. The fourth-order valence-electron chi connectivity index (χ4n) is 2.29. The Morgan fingerprint density at radius 3 is 2.74 bits per heavy atom. The summed E-state index contributed by atoms with van der Waals surface area (Å²) in [5, 5.41) is 3.51. The van der Waals surface area contributed by atoms with Crippen molar-refractivity contribution >= 4 is 32.7 Å². The van der Waals surface area contributed by atoms with E-state index in [0.29, 0.717) is 10.0 Å². The highest BCUT2D eigenvalue weighted by Crippen LogP contribution is 2.15. The molecule has 0 aliphatic carbocycles. The Bertz CT molecular complexity index is 932. The molecule has 0 fully saturated rings. The summed E-state index contributed by atoms with van der Waals surface area (Å²) in [5.41, 5.74) is 1.10. The van der Waals surface area contributed by atoms with Crippen LogP contribution in [0, 0.1) is 5.82 Å². The molecular weight excluding hydrogens is 363 g/mol. The first-order valence-electron chi connectivity index (χ1n) is 6.88. The van der Waals surface area contributed by atoms with Crippen LogP contribution in [0.4, 0.5) is 4.39 Å². The number of para-hydroxylation sites is 1. The van der Waals surface area contributed by atoms with Crippen molar-refractivity contribution in [1.29, 1.82) is 0 Å². The van der Waals surface area contributed by atoms with E-state index in [-0.39, 0.29) is 17.7 Å². The first kappa shape index (κ1) is 15.4. The van der Waals surface area contributed by atoms with E-state index < -0.39 is 11.7 Å². The molecule has 0 aliphatic rings. The number of fused-ring (bicyclic) bond motifs is 1. The number of rotatable bonds is 3. The van der Waals surface area contributed by atoms with Crippen LogP contribution in [0.2, 0.25) is 0 Å². The van der Waals surface area contributed by atoms with Gasteiger partial charge >= 0.3 is 0 Å². The summed E-state index contributed by atoms with van der Waals surface area (Å²) in [6.45, 7) is 0.0626. The van der Waals surface area contributed by atoms with E-state index in [4.69, 9.17) is 0 Å². The fraction of sp³-hybridized carbons (Fsp3) is 0.0588. The maximum Gasteiger partial charge on any atom is 0.253 e. The lowest BCUT2D eigenvalue weighted by molar-refractivity contribution is 0.0950. The molecule has 1 amide bonds. The van der Waals surface area contributed by atoms with Crippen molar-refractivity contribution in [2.24, 2.45) is 0 Å². The Balaban J connectivity index is 1.81. The molecule has 3 rings (SSSR count). The predicted octanol–water partition coefficient (Wildman–Crippen LogP) is 3.36. The topological polar surface area (TPSA) is 62.0 Å². The fourth-order valence-corrected chi connectivity index (χ4v) is 2.75. The van der Waals surface area contributed by atoms with Crippen molar-refractivity contribution in [3.05, 3.63) is 80.3 Å². The normalized spacial score (nSPS) is 10.7. The zero-order valence-corrected chi connectivity index (χ0v) is 13.5. The number of aromatic amines is 1. The number of nitrogens with one attached hydrogen (secondary N) is 2. The molecule has 0 saturated carbocycles. The number of pyridine rings is 1. The van der Waals surface area contributed by atoms with Crippen molar-refractivity contribution < 1.29 is 9.18 Å². The number of aromatic nitrogens is 1. The number of H-pyrrole nitrogens is 1. The molecule has 0 saturated heterocycles. The van der Waals surface area contributed by atoms with Crippen LogP contribution in [0.15, 0.2) is 57.8 Å². The standard InChI is InChI=1S/C17H12BrFN2O2/c18-13-6-11(7-14(19)8-13)16(22)20-9-12-5-10-3-1-2-4-15(10)21-17(12)23/h1-8H,9H2,(H,20,22)(H,21,23). The number of halogens is 2. The average molecular weight is 375 g/mol. The molecular formula is C17H12BrFN2O2. The van der Waals surface area contributed by atoms with Gasteiger partial charge < -0.3 is 10.3 Å². The van der Waals surface area contributed by atoms with Gasteiger partial charge in [0.05, 0.1) is 0 Å². The van der Waals surface area contributed by atoms with Gasteiger partial charge in [0.2, 0.25) is 0 Å². The van der Waals surface area contributed by atoms with Crippen LogP contribution in [-0.2, 0) is 6.54 Å². The van der Waals surface area contributed by atoms with E-state index in [1.54, 1.807) is 6.07 Å². The number of benzene rings is 2. The van der Waals surface area contributed by atoms with Crippen LogP contribution in [0.25, 0.3) is 10.9 Å². The summed E-state index contributed by atoms with van der Waals surface area (Å²) in [6.07, 6.45) is 0. The Kier molecular flexibility index (Phi) is 4.25. The average Bonchev–Trinajstić information content (AvgIpc) is 2.51. The molecule has 23 heavy (non-hydrogen) atoms. The van der Waals surface area contributed by atoms with Gasteiger partial charge in [-0.25, -0.2) is 4.39 Å². The summed E-state index contributed by atoms with van der Waals surface area (Å²) in [6, 6.07) is 13.0. The first-order chi connectivity index (χ1) is 11.0. The molecule has 4 nitrogen and oxygen atoms in total. The van der Waals surface area contributed by atoms with Crippen molar-refractivity contribution in [3.8, 4) is 0 Å². The maximum atomic E-state index is 13.3. The Hall–Kier alpha value is -2.47. The monoisotopic (exact) mass is 374 g/mol. The SMILES string of the molecule is O=C(NCc1cc2ccccc2[nH]c1=O)c1cc(F)cc(Br)c1. The third-order valence-electron chi connectivity index (χ3n) is 3.39. The number of amides is 1. The van der Waals surface area contributed by atoms with E-state index >= 15 is 0 Å². The van der Waals surface area contributed by atoms with Crippen LogP contribution >= 0.6 is 15.9 Å². The molecule has 0 spiro atoms. The molecule has 0 unspecified atom stereocenters. The highest BCUT2D eigenvalue weighted by atomic mass is 79.9. The van der Waals surface area contributed by atoms with Crippen molar-refractivity contribution in [1.82, 2.24) is 10.3 Å². The van der Waals surface area contributed by atoms with Gasteiger partial charge in [-0.3, -0.25) is 9.59 Å². The first-order valence-corrected chi connectivity index (χ1v) is 7.67. The van der Waals surface area contributed by atoms with Gasteiger partial charge in [0.1, 0.15) is 5.82 Å². The van der Waals surface area contributed by atoms with Crippen LogP contribution in [0.3, 0.4) is 0 Å². The molecule has 0 bridgehead atoms. The zero-order valence-electron chi connectivity index (χ0n) is 11.9. The number of carbonyl (C=O) groups is 1. The Morgan fingerprint density at radius 2 is 1.96 bits per heavy atom. The van der Waals surface area contributed by atoms with Gasteiger partial charge in [-0.15, -0.1) is 0 Å². The molecule has 0 radical (unpaired) electrons. The summed E-state index contributed by atoms with van der Waals surface area (Å²) in [4.78, 5) is 26.9. The summed E-state index contributed by atoms with van der Waals surface area (Å²) in [7, 11) is 0. The van der Waals surface area contributed by atoms with Gasteiger partial charge in [-0.05, 0) is 35.7 Å². The summed E-state index contributed by atoms with van der Waals surface area (Å²) >= 11 is 3.14. The lowest BCUT2D eigenvalue weighted by Gasteiger charge is -2.07. The minimum Gasteiger partial charge on any atom is -0.348 e. The lowest BCUT2D eigenvalue weighted by Crippen LogP contribution is -2.26. The second-order valence-corrected chi connectivity index (χ2v) is 5.97. The van der Waals surface area contributed by atoms with Gasteiger partial charge in [0, 0.05) is 27.7 Å². The second kappa shape index (κ2) is 6.34. The highest BCUT2D eigenvalue weighted by Gasteiger charge is 2.10. The molecule has 1 heterocycles. The minimum atomic E-state index is -0.506. The van der Waals surface area contributed by atoms with E-state index in [0.717, 1.165) is 17.0 Å². The number of hydrogen-bond donors (Lipinski definition) is 2. The van der Waals surface area contributed by atoms with Gasteiger partial charge in [-0.2, -0.15) is 0 Å². The minimum absolute atomic E-state index is 0.0626. The van der Waals surface area contributed by atoms with Gasteiger partial charge in [0.25, 0.3) is 11.5 Å². The molecule has 2 N–H and O–H groups in total. The van der Waals surface area contributed by atoms with E-state index in [2.05, 4.69) is 26.2 Å². The van der Waals surface area contributed by atoms with Crippen molar-refractivity contribution in [3.63, 3.8) is 0 Å². The third-order valence-corrected chi connectivity index (χ3v) is 3.85. The van der Waals surface area contributed by atoms with Crippen LogP contribution in [0.1, 0.15) is 15.9 Å². The van der Waals surface area contributed by atoms with Gasteiger partial charge in [-0.1, -0.05) is 34.1 Å². The smallest absolute Gasteiger partial charge is 0.253 e. The lowest BCUT2D eigenvalue weighted by atomic mass is 10.1. The van der Waals surface area contributed by atoms with E-state index in [1.807, 2.05) is 24.3 Å². The largest absolute Gasteiger partial charge is 0.348 e. The highest BCUT2D eigenvalue weighted by molar-refractivity contribution is 9.10.